The first-order chi connectivity index (χ1) is 7.22. The Hall–Kier alpha value is -0.0400. The Balaban J connectivity index is 2.19. The van der Waals surface area contributed by atoms with Crippen molar-refractivity contribution in [3.63, 3.8) is 0 Å². The van der Waals surface area contributed by atoms with Crippen LogP contribution in [0.3, 0.4) is 0 Å². The first-order valence-electron chi connectivity index (χ1n) is 6.89. The maximum absolute atomic E-state index is 3.50. The number of rotatable bonds is 6. The van der Waals surface area contributed by atoms with Crippen LogP contribution in [0.25, 0.3) is 0 Å². The van der Waals surface area contributed by atoms with Gasteiger partial charge in [0.15, 0.2) is 0 Å². The summed E-state index contributed by atoms with van der Waals surface area (Å²) < 4.78 is 0. The van der Waals surface area contributed by atoms with Crippen LogP contribution < -0.4 is 5.32 Å². The van der Waals surface area contributed by atoms with E-state index in [9.17, 15) is 0 Å². The van der Waals surface area contributed by atoms with Crippen molar-refractivity contribution >= 4 is 0 Å². The molecule has 0 aromatic rings. The summed E-state index contributed by atoms with van der Waals surface area (Å²) in [6.07, 6.45) is 11.6. The fourth-order valence-corrected chi connectivity index (χ4v) is 2.74. The van der Waals surface area contributed by atoms with E-state index in [0.717, 1.165) is 17.9 Å². The average Bonchev–Trinajstić information content (AvgIpc) is 2.25. The van der Waals surface area contributed by atoms with E-state index >= 15 is 0 Å². The smallest absolute Gasteiger partial charge is 0.00668 e. The second kappa shape index (κ2) is 7.27. The zero-order valence-corrected chi connectivity index (χ0v) is 10.9. The lowest BCUT2D eigenvalue weighted by Gasteiger charge is -2.26. The monoisotopic (exact) mass is 211 g/mol. The summed E-state index contributed by atoms with van der Waals surface area (Å²) >= 11 is 0. The number of hydrogen-bond acceptors (Lipinski definition) is 1. The normalized spacial score (nSPS) is 20.8. The van der Waals surface area contributed by atoms with E-state index in [-0.39, 0.29) is 0 Å². The van der Waals surface area contributed by atoms with Gasteiger partial charge >= 0.3 is 0 Å². The second-order valence-electron chi connectivity index (χ2n) is 5.70. The molecule has 0 spiro atoms. The van der Waals surface area contributed by atoms with Crippen LogP contribution in [-0.4, -0.2) is 13.1 Å². The van der Waals surface area contributed by atoms with Crippen LogP contribution in [0.5, 0.6) is 0 Å². The minimum atomic E-state index is 0.774. The van der Waals surface area contributed by atoms with E-state index in [1.165, 1.54) is 51.4 Å². The molecule has 0 amide bonds. The zero-order chi connectivity index (χ0) is 11.1. The summed E-state index contributed by atoms with van der Waals surface area (Å²) in [7, 11) is 2.13. The van der Waals surface area contributed by atoms with E-state index in [2.05, 4.69) is 26.2 Å². The van der Waals surface area contributed by atoms with E-state index in [1.54, 1.807) is 0 Å². The largest absolute Gasteiger partial charge is 0.317 e. The maximum Gasteiger partial charge on any atom is 0.00668 e. The van der Waals surface area contributed by atoms with Crippen LogP contribution in [0.4, 0.5) is 0 Å². The molecule has 0 aromatic carbocycles. The minimum Gasteiger partial charge on any atom is -0.317 e. The molecule has 1 nitrogen and oxygen atoms in total. The summed E-state index contributed by atoms with van der Waals surface area (Å²) in [5.74, 6) is 1.87. The van der Waals surface area contributed by atoms with Crippen LogP contribution in [0.2, 0.25) is 0 Å². The van der Waals surface area contributed by atoms with Crippen molar-refractivity contribution in [2.45, 2.75) is 71.3 Å². The quantitative estimate of drug-likeness (QED) is 0.700. The highest BCUT2D eigenvalue weighted by atomic mass is 14.9. The molecule has 1 rings (SSSR count). The Morgan fingerprint density at radius 2 is 1.73 bits per heavy atom. The van der Waals surface area contributed by atoms with E-state index in [4.69, 9.17) is 0 Å². The van der Waals surface area contributed by atoms with Crippen LogP contribution in [0, 0.1) is 11.8 Å². The molecule has 90 valence electrons. The Morgan fingerprint density at radius 1 is 1.07 bits per heavy atom. The molecule has 1 saturated carbocycles. The fourth-order valence-electron chi connectivity index (χ4n) is 2.74. The van der Waals surface area contributed by atoms with Crippen LogP contribution >= 0.6 is 0 Å². The van der Waals surface area contributed by atoms with Gasteiger partial charge < -0.3 is 5.32 Å². The highest BCUT2D eigenvalue weighted by Crippen LogP contribution is 2.28. The molecule has 1 fully saturated rings. The summed E-state index contributed by atoms with van der Waals surface area (Å²) in [5, 5.41) is 3.50. The number of nitrogens with one attached hydrogen (secondary N) is 1. The van der Waals surface area contributed by atoms with Gasteiger partial charge in [-0.1, -0.05) is 46.0 Å². The topological polar surface area (TPSA) is 12.0 Å². The SMILES string of the molecule is CNC(CCC(C)C)CC1CCCCC1. The van der Waals surface area contributed by atoms with Gasteiger partial charge in [0.25, 0.3) is 0 Å². The zero-order valence-electron chi connectivity index (χ0n) is 10.9. The molecule has 0 bridgehead atoms. The molecule has 1 N–H and O–H groups in total. The molecule has 15 heavy (non-hydrogen) atoms. The molecule has 0 heterocycles. The lowest BCUT2D eigenvalue weighted by molar-refractivity contribution is 0.290. The summed E-state index contributed by atoms with van der Waals surface area (Å²) in [5.41, 5.74) is 0. The highest BCUT2D eigenvalue weighted by Gasteiger charge is 2.17. The third-order valence-corrected chi connectivity index (χ3v) is 3.84. The molecule has 0 aromatic heterocycles. The summed E-state index contributed by atoms with van der Waals surface area (Å²) in [6.45, 7) is 4.65. The molecule has 1 heteroatoms. The van der Waals surface area contributed by atoms with Gasteiger partial charge in [-0.2, -0.15) is 0 Å². The van der Waals surface area contributed by atoms with Gasteiger partial charge in [0.05, 0.1) is 0 Å². The van der Waals surface area contributed by atoms with Crippen molar-refractivity contribution in [3.05, 3.63) is 0 Å². The first-order valence-corrected chi connectivity index (χ1v) is 6.89. The van der Waals surface area contributed by atoms with Gasteiger partial charge in [0.1, 0.15) is 0 Å². The van der Waals surface area contributed by atoms with Crippen LogP contribution in [0.1, 0.15) is 65.2 Å². The third kappa shape index (κ3) is 5.55. The molecule has 0 radical (unpaired) electrons. The van der Waals surface area contributed by atoms with Gasteiger partial charge in [-0.25, -0.2) is 0 Å². The third-order valence-electron chi connectivity index (χ3n) is 3.84. The van der Waals surface area contributed by atoms with Gasteiger partial charge in [0, 0.05) is 6.04 Å². The Morgan fingerprint density at radius 3 is 2.27 bits per heavy atom. The molecule has 1 unspecified atom stereocenters. The molecule has 1 aliphatic carbocycles. The number of hydrogen-bond donors (Lipinski definition) is 1. The Labute approximate surface area is 96.0 Å². The van der Waals surface area contributed by atoms with Crippen LogP contribution in [0.15, 0.2) is 0 Å². The average molecular weight is 211 g/mol. The van der Waals surface area contributed by atoms with E-state index in [0.29, 0.717) is 0 Å². The standard InChI is InChI=1S/C14H29N/c1-12(2)9-10-14(15-3)11-13-7-5-4-6-8-13/h12-15H,4-11H2,1-3H3. The Bertz CT molecular complexity index is 147. The molecular weight excluding hydrogens is 182 g/mol. The maximum atomic E-state index is 3.50. The van der Waals surface area contributed by atoms with E-state index in [1.807, 2.05) is 0 Å². The summed E-state index contributed by atoms with van der Waals surface area (Å²) in [4.78, 5) is 0. The lowest BCUT2D eigenvalue weighted by atomic mass is 9.83. The molecule has 0 aliphatic heterocycles. The summed E-state index contributed by atoms with van der Waals surface area (Å²) in [6, 6.07) is 0.774. The second-order valence-corrected chi connectivity index (χ2v) is 5.70. The van der Waals surface area contributed by atoms with Crippen molar-refractivity contribution in [2.24, 2.45) is 11.8 Å². The van der Waals surface area contributed by atoms with Gasteiger partial charge in [-0.05, 0) is 38.1 Å². The predicted molar refractivity (Wildman–Crippen MR) is 68.1 cm³/mol. The van der Waals surface area contributed by atoms with Gasteiger partial charge in [-0.15, -0.1) is 0 Å². The molecule has 0 saturated heterocycles. The first kappa shape index (κ1) is 13.0. The fraction of sp³-hybridized carbons (Fsp3) is 1.00. The van der Waals surface area contributed by atoms with Crippen LogP contribution in [-0.2, 0) is 0 Å². The van der Waals surface area contributed by atoms with Crippen molar-refractivity contribution in [1.82, 2.24) is 5.32 Å². The van der Waals surface area contributed by atoms with Gasteiger partial charge in [-0.3, -0.25) is 0 Å². The van der Waals surface area contributed by atoms with Crippen molar-refractivity contribution in [2.75, 3.05) is 7.05 Å². The van der Waals surface area contributed by atoms with Crippen molar-refractivity contribution in [3.8, 4) is 0 Å². The lowest BCUT2D eigenvalue weighted by Crippen LogP contribution is -2.29. The molecule has 1 atom stereocenters. The molecule has 1 aliphatic rings. The van der Waals surface area contributed by atoms with Crippen molar-refractivity contribution < 1.29 is 0 Å². The predicted octanol–water partition coefficient (Wildman–Crippen LogP) is 3.98. The molecular formula is C14H29N. The van der Waals surface area contributed by atoms with Crippen molar-refractivity contribution in [1.29, 1.82) is 0 Å². The minimum absolute atomic E-state index is 0.774. The highest BCUT2D eigenvalue weighted by molar-refractivity contribution is 4.74. The Kier molecular flexibility index (Phi) is 6.31. The van der Waals surface area contributed by atoms with E-state index < -0.39 is 0 Å². The van der Waals surface area contributed by atoms with Gasteiger partial charge in [0.2, 0.25) is 0 Å².